The molecule has 0 saturated carbocycles. The lowest BCUT2D eigenvalue weighted by atomic mass is 10.0. The molecule has 0 amide bonds. The molecule has 1 aromatic heterocycles. The van der Waals surface area contributed by atoms with Gasteiger partial charge in [-0.3, -0.25) is 0 Å². The zero-order valence-corrected chi connectivity index (χ0v) is 11.1. The lowest BCUT2D eigenvalue weighted by molar-refractivity contribution is 0.595. The summed E-state index contributed by atoms with van der Waals surface area (Å²) in [5, 5.41) is 3.00. The van der Waals surface area contributed by atoms with E-state index in [9.17, 15) is 4.39 Å². The Morgan fingerprint density at radius 3 is 2.71 bits per heavy atom. The molecular weight excluding hydrogens is 280 g/mol. The first-order valence-electron chi connectivity index (χ1n) is 5.00. The molecule has 1 heterocycles. The molecule has 1 unspecified atom stereocenters. The number of thiophene rings is 1. The van der Waals surface area contributed by atoms with Gasteiger partial charge >= 0.3 is 0 Å². The standard InChI is InChI=1S/C12H10Cl2FNS/c13-8-1-2-10(15)7(5-8)6-11(16)12-9(14)3-4-17-12/h1-5,11H,6,16H2. The average Bonchev–Trinajstić information content (AvgIpc) is 2.70. The third-order valence-corrected chi connectivity index (χ3v) is 4.15. The smallest absolute Gasteiger partial charge is 0.126 e. The van der Waals surface area contributed by atoms with Crippen molar-refractivity contribution >= 4 is 34.5 Å². The van der Waals surface area contributed by atoms with Gasteiger partial charge in [0.05, 0.1) is 5.02 Å². The minimum Gasteiger partial charge on any atom is -0.323 e. The fourth-order valence-electron chi connectivity index (χ4n) is 1.60. The first kappa shape index (κ1) is 12.8. The summed E-state index contributed by atoms with van der Waals surface area (Å²) >= 11 is 13.3. The zero-order chi connectivity index (χ0) is 12.4. The first-order chi connectivity index (χ1) is 8.08. The van der Waals surface area contributed by atoms with Crippen molar-refractivity contribution in [3.8, 4) is 0 Å². The topological polar surface area (TPSA) is 26.0 Å². The molecule has 2 aromatic rings. The van der Waals surface area contributed by atoms with E-state index in [0.717, 1.165) is 4.88 Å². The fourth-order valence-corrected chi connectivity index (χ4v) is 3.00. The van der Waals surface area contributed by atoms with Gasteiger partial charge in [0.25, 0.3) is 0 Å². The van der Waals surface area contributed by atoms with Crippen molar-refractivity contribution in [1.82, 2.24) is 0 Å². The van der Waals surface area contributed by atoms with Crippen LogP contribution < -0.4 is 5.73 Å². The molecule has 1 aromatic carbocycles. The van der Waals surface area contributed by atoms with Crippen LogP contribution in [0.5, 0.6) is 0 Å². The van der Waals surface area contributed by atoms with Crippen molar-refractivity contribution in [2.75, 3.05) is 0 Å². The monoisotopic (exact) mass is 289 g/mol. The average molecular weight is 290 g/mol. The third kappa shape index (κ3) is 2.99. The SMILES string of the molecule is NC(Cc1cc(Cl)ccc1F)c1sccc1Cl. The molecule has 0 aliphatic heterocycles. The molecule has 0 radical (unpaired) electrons. The maximum absolute atomic E-state index is 13.5. The van der Waals surface area contributed by atoms with E-state index in [1.807, 2.05) is 5.38 Å². The van der Waals surface area contributed by atoms with Crippen LogP contribution in [0, 0.1) is 5.82 Å². The lowest BCUT2D eigenvalue weighted by Gasteiger charge is -2.11. The van der Waals surface area contributed by atoms with E-state index in [1.165, 1.54) is 23.5 Å². The summed E-state index contributed by atoms with van der Waals surface area (Å²) in [6.07, 6.45) is 0.382. The molecule has 0 fully saturated rings. The van der Waals surface area contributed by atoms with Gasteiger partial charge in [-0.2, -0.15) is 0 Å². The van der Waals surface area contributed by atoms with Crippen molar-refractivity contribution in [2.24, 2.45) is 5.73 Å². The highest BCUT2D eigenvalue weighted by molar-refractivity contribution is 7.10. The van der Waals surface area contributed by atoms with Crippen molar-refractivity contribution in [3.05, 3.63) is 55.9 Å². The maximum atomic E-state index is 13.5. The van der Waals surface area contributed by atoms with E-state index in [2.05, 4.69) is 0 Å². The van der Waals surface area contributed by atoms with E-state index in [0.29, 0.717) is 22.0 Å². The summed E-state index contributed by atoms with van der Waals surface area (Å²) in [7, 11) is 0. The summed E-state index contributed by atoms with van der Waals surface area (Å²) < 4.78 is 13.5. The summed E-state index contributed by atoms with van der Waals surface area (Å²) in [4.78, 5) is 0.867. The minimum absolute atomic E-state index is 0.294. The van der Waals surface area contributed by atoms with E-state index in [4.69, 9.17) is 28.9 Å². The van der Waals surface area contributed by atoms with Crippen LogP contribution in [0.4, 0.5) is 4.39 Å². The zero-order valence-electron chi connectivity index (χ0n) is 8.79. The number of benzene rings is 1. The van der Waals surface area contributed by atoms with Crippen LogP contribution in [0.15, 0.2) is 29.6 Å². The van der Waals surface area contributed by atoms with Gasteiger partial charge in [0.15, 0.2) is 0 Å². The Morgan fingerprint density at radius 2 is 2.06 bits per heavy atom. The van der Waals surface area contributed by atoms with E-state index in [-0.39, 0.29) is 11.9 Å². The van der Waals surface area contributed by atoms with Crippen LogP contribution in [-0.2, 0) is 6.42 Å². The van der Waals surface area contributed by atoms with E-state index >= 15 is 0 Å². The van der Waals surface area contributed by atoms with Gasteiger partial charge in [-0.05, 0) is 41.6 Å². The second kappa shape index (κ2) is 5.36. The quantitative estimate of drug-likeness (QED) is 0.888. The molecular formula is C12H10Cl2FNS. The minimum atomic E-state index is -0.310. The van der Waals surface area contributed by atoms with Crippen LogP contribution in [0.25, 0.3) is 0 Å². The summed E-state index contributed by atoms with van der Waals surface area (Å²) in [6.45, 7) is 0. The van der Waals surface area contributed by atoms with Crippen molar-refractivity contribution in [2.45, 2.75) is 12.5 Å². The third-order valence-electron chi connectivity index (χ3n) is 2.43. The van der Waals surface area contributed by atoms with Gasteiger partial charge in [0, 0.05) is 15.9 Å². The Bertz CT molecular complexity index is 527. The number of nitrogens with two attached hydrogens (primary N) is 1. The molecule has 2 N–H and O–H groups in total. The molecule has 0 aliphatic carbocycles. The Labute approximate surface area is 113 Å². The second-order valence-electron chi connectivity index (χ2n) is 3.68. The highest BCUT2D eigenvalue weighted by Gasteiger charge is 2.14. The Morgan fingerprint density at radius 1 is 1.29 bits per heavy atom. The first-order valence-corrected chi connectivity index (χ1v) is 6.64. The Balaban J connectivity index is 2.21. The fraction of sp³-hybridized carbons (Fsp3) is 0.167. The molecule has 0 spiro atoms. The summed E-state index contributed by atoms with van der Waals surface area (Å²) in [5.74, 6) is -0.294. The van der Waals surface area contributed by atoms with Gasteiger partial charge in [-0.25, -0.2) is 4.39 Å². The molecule has 0 aliphatic rings. The Hall–Kier alpha value is -0.610. The van der Waals surface area contributed by atoms with Crippen LogP contribution in [0.1, 0.15) is 16.5 Å². The number of hydrogen-bond donors (Lipinski definition) is 1. The molecule has 5 heteroatoms. The maximum Gasteiger partial charge on any atom is 0.126 e. The van der Waals surface area contributed by atoms with Crippen LogP contribution in [0.2, 0.25) is 10.0 Å². The van der Waals surface area contributed by atoms with Crippen LogP contribution in [0.3, 0.4) is 0 Å². The normalized spacial score (nSPS) is 12.7. The van der Waals surface area contributed by atoms with Gasteiger partial charge in [-0.1, -0.05) is 23.2 Å². The molecule has 90 valence electrons. The molecule has 0 bridgehead atoms. The molecule has 17 heavy (non-hydrogen) atoms. The van der Waals surface area contributed by atoms with Gasteiger partial charge in [0.2, 0.25) is 0 Å². The highest BCUT2D eigenvalue weighted by atomic mass is 35.5. The molecule has 1 nitrogen and oxygen atoms in total. The predicted octanol–water partition coefficient (Wildman–Crippen LogP) is 4.44. The second-order valence-corrected chi connectivity index (χ2v) is 5.47. The van der Waals surface area contributed by atoms with E-state index in [1.54, 1.807) is 12.1 Å². The largest absolute Gasteiger partial charge is 0.323 e. The number of hydrogen-bond acceptors (Lipinski definition) is 2. The summed E-state index contributed by atoms with van der Waals surface area (Å²) in [5.41, 5.74) is 6.52. The van der Waals surface area contributed by atoms with Gasteiger partial charge in [-0.15, -0.1) is 11.3 Å². The molecule has 1 atom stereocenters. The predicted molar refractivity (Wildman–Crippen MR) is 71.4 cm³/mol. The van der Waals surface area contributed by atoms with Gasteiger partial charge < -0.3 is 5.73 Å². The van der Waals surface area contributed by atoms with Crippen molar-refractivity contribution in [1.29, 1.82) is 0 Å². The lowest BCUT2D eigenvalue weighted by Crippen LogP contribution is -2.13. The molecule has 2 rings (SSSR count). The Kier molecular flexibility index (Phi) is 4.05. The molecule has 0 saturated heterocycles. The van der Waals surface area contributed by atoms with Crippen molar-refractivity contribution in [3.63, 3.8) is 0 Å². The van der Waals surface area contributed by atoms with Crippen LogP contribution in [-0.4, -0.2) is 0 Å². The number of rotatable bonds is 3. The van der Waals surface area contributed by atoms with Crippen molar-refractivity contribution < 1.29 is 4.39 Å². The highest BCUT2D eigenvalue weighted by Crippen LogP contribution is 2.30. The number of halogens is 3. The summed E-state index contributed by atoms with van der Waals surface area (Å²) in [6, 6.07) is 5.94. The van der Waals surface area contributed by atoms with E-state index < -0.39 is 0 Å². The van der Waals surface area contributed by atoms with Crippen LogP contribution >= 0.6 is 34.5 Å². The van der Waals surface area contributed by atoms with Gasteiger partial charge in [0.1, 0.15) is 5.82 Å².